The fourth-order valence-corrected chi connectivity index (χ4v) is 1.82. The van der Waals surface area contributed by atoms with Crippen LogP contribution < -0.4 is 4.74 Å². The van der Waals surface area contributed by atoms with Crippen LogP contribution in [-0.4, -0.2) is 6.36 Å². The topological polar surface area (TPSA) is 9.23 Å². The molecule has 0 aliphatic carbocycles. The van der Waals surface area contributed by atoms with Crippen molar-refractivity contribution >= 4 is 11.8 Å². The Hall–Kier alpha value is -1.04. The Balaban J connectivity index is 2.23. The Labute approximate surface area is 93.8 Å². The number of rotatable bonds is 2. The van der Waals surface area contributed by atoms with E-state index in [4.69, 9.17) is 0 Å². The average Bonchev–Trinajstić information content (AvgIpc) is 2.86. The van der Waals surface area contributed by atoms with Crippen molar-refractivity contribution in [2.24, 2.45) is 0 Å². The van der Waals surface area contributed by atoms with Crippen LogP contribution in [0.1, 0.15) is 12.5 Å². The second-order valence-corrected chi connectivity index (χ2v) is 4.86. The summed E-state index contributed by atoms with van der Waals surface area (Å²) < 4.78 is 52.1. The van der Waals surface area contributed by atoms with E-state index in [1.165, 1.54) is 17.8 Å². The molecule has 1 aromatic carbocycles. The highest BCUT2D eigenvalue weighted by atomic mass is 32.2. The normalized spacial score (nSPS) is 23.8. The van der Waals surface area contributed by atoms with Crippen molar-refractivity contribution in [2.75, 3.05) is 0 Å². The highest BCUT2D eigenvalue weighted by Crippen LogP contribution is 2.58. The first-order valence-electron chi connectivity index (χ1n) is 4.38. The standard InChI is InChI=1S/C10H7F4OS/c1-9(5-16-9)6-2-3-8(7(11)4-6)15-10(12,13)14/h2-5H,1H3/q+1. The van der Waals surface area contributed by atoms with Gasteiger partial charge in [0.05, 0.1) is 0 Å². The molecule has 1 nitrogen and oxygen atoms in total. The van der Waals surface area contributed by atoms with Crippen LogP contribution in [0.15, 0.2) is 18.2 Å². The van der Waals surface area contributed by atoms with Crippen molar-refractivity contribution in [3.63, 3.8) is 0 Å². The Kier molecular flexibility index (Phi) is 2.49. The first-order chi connectivity index (χ1) is 7.30. The van der Waals surface area contributed by atoms with Gasteiger partial charge in [0, 0.05) is 12.5 Å². The van der Waals surface area contributed by atoms with E-state index in [0.29, 0.717) is 5.56 Å². The summed E-state index contributed by atoms with van der Waals surface area (Å²) in [5.41, 5.74) is 0.629. The van der Waals surface area contributed by atoms with Gasteiger partial charge >= 0.3 is 6.36 Å². The summed E-state index contributed by atoms with van der Waals surface area (Å²) in [5, 5.41) is 0. The minimum atomic E-state index is -4.87. The zero-order valence-electron chi connectivity index (χ0n) is 8.14. The second kappa shape index (κ2) is 3.48. The van der Waals surface area contributed by atoms with Crippen LogP contribution in [-0.2, 0) is 4.75 Å². The van der Waals surface area contributed by atoms with Crippen molar-refractivity contribution in [1.29, 1.82) is 0 Å². The number of thioether (sulfide) groups is 1. The molecule has 1 aromatic rings. The lowest BCUT2D eigenvalue weighted by Gasteiger charge is -2.10. The van der Waals surface area contributed by atoms with E-state index in [1.807, 2.05) is 12.7 Å². The van der Waals surface area contributed by atoms with E-state index in [2.05, 4.69) is 4.74 Å². The first-order valence-corrected chi connectivity index (χ1v) is 5.26. The molecule has 0 saturated carbocycles. The van der Waals surface area contributed by atoms with Crippen LogP contribution in [0.25, 0.3) is 0 Å². The molecule has 86 valence electrons. The van der Waals surface area contributed by atoms with Gasteiger partial charge in [-0.15, -0.1) is 13.2 Å². The Morgan fingerprint density at radius 3 is 2.44 bits per heavy atom. The van der Waals surface area contributed by atoms with Gasteiger partial charge in [-0.25, -0.2) is 4.39 Å². The third kappa shape index (κ3) is 2.37. The highest BCUT2D eigenvalue weighted by Gasteiger charge is 2.56. The smallest absolute Gasteiger partial charge is 0.403 e. The van der Waals surface area contributed by atoms with Gasteiger partial charge in [-0.2, -0.15) is 0 Å². The third-order valence-corrected chi connectivity index (χ3v) is 3.38. The lowest BCUT2D eigenvalue weighted by Crippen LogP contribution is -2.18. The predicted molar refractivity (Wildman–Crippen MR) is 52.3 cm³/mol. The zero-order chi connectivity index (χ0) is 12.0. The molecule has 0 radical (unpaired) electrons. The molecular weight excluding hydrogens is 244 g/mol. The lowest BCUT2D eigenvalue weighted by atomic mass is 10.0. The molecule has 2 rings (SSSR count). The Bertz CT molecular complexity index is 412. The fourth-order valence-electron chi connectivity index (χ4n) is 1.24. The molecular formula is C10H7F4OS+. The van der Waals surface area contributed by atoms with Gasteiger partial charge in [-0.3, -0.25) is 0 Å². The minimum Gasteiger partial charge on any atom is -0.403 e. The van der Waals surface area contributed by atoms with Gasteiger partial charge < -0.3 is 4.74 Å². The van der Waals surface area contributed by atoms with E-state index in [1.54, 1.807) is 0 Å². The van der Waals surface area contributed by atoms with Crippen LogP contribution >= 0.6 is 11.8 Å². The van der Waals surface area contributed by atoms with E-state index in [-0.39, 0.29) is 4.75 Å². The average molecular weight is 251 g/mol. The van der Waals surface area contributed by atoms with Crippen molar-refractivity contribution in [1.82, 2.24) is 0 Å². The molecule has 0 aromatic heterocycles. The van der Waals surface area contributed by atoms with Crippen molar-refractivity contribution in [2.45, 2.75) is 18.0 Å². The first kappa shape index (κ1) is 11.4. The second-order valence-electron chi connectivity index (χ2n) is 3.54. The number of alkyl halides is 3. The number of benzene rings is 1. The summed E-state index contributed by atoms with van der Waals surface area (Å²) in [6.07, 6.45) is -4.87. The van der Waals surface area contributed by atoms with Gasteiger partial charge in [0.2, 0.25) is 4.75 Å². The van der Waals surface area contributed by atoms with E-state index < -0.39 is 17.9 Å². The zero-order valence-corrected chi connectivity index (χ0v) is 8.95. The molecule has 16 heavy (non-hydrogen) atoms. The fraction of sp³-hybridized carbons (Fsp3) is 0.300. The molecule has 1 unspecified atom stereocenters. The van der Waals surface area contributed by atoms with Gasteiger partial charge in [-0.1, -0.05) is 0 Å². The third-order valence-electron chi connectivity index (χ3n) is 2.20. The summed E-state index contributed by atoms with van der Waals surface area (Å²) in [5.74, 6) is 0.0777. The molecule has 0 spiro atoms. The highest BCUT2D eigenvalue weighted by molar-refractivity contribution is 8.09. The van der Waals surface area contributed by atoms with E-state index in [9.17, 15) is 17.6 Å². The lowest BCUT2D eigenvalue weighted by molar-refractivity contribution is -0.275. The number of hydrogen-bond acceptors (Lipinski definition) is 2. The maximum atomic E-state index is 13.3. The number of hydrogen-bond donors (Lipinski definition) is 0. The summed E-state index contributed by atoms with van der Waals surface area (Å²) in [6.45, 7) is 1.86. The van der Waals surface area contributed by atoms with Gasteiger partial charge in [0.25, 0.3) is 0 Å². The van der Waals surface area contributed by atoms with E-state index >= 15 is 0 Å². The number of ether oxygens (including phenoxy) is 1. The van der Waals surface area contributed by atoms with Crippen molar-refractivity contribution < 1.29 is 22.3 Å². The molecule has 1 aliphatic heterocycles. The Morgan fingerprint density at radius 2 is 2.00 bits per heavy atom. The van der Waals surface area contributed by atoms with Crippen LogP contribution in [0.2, 0.25) is 0 Å². The molecule has 0 amide bonds. The summed E-state index contributed by atoms with van der Waals surface area (Å²) in [6, 6.07) is 3.49. The molecule has 0 bridgehead atoms. The van der Waals surface area contributed by atoms with Crippen molar-refractivity contribution in [3.05, 3.63) is 35.3 Å². The van der Waals surface area contributed by atoms with Crippen LogP contribution in [0.5, 0.6) is 5.75 Å². The molecule has 1 fully saturated rings. The van der Waals surface area contributed by atoms with Crippen molar-refractivity contribution in [3.8, 4) is 5.75 Å². The molecule has 0 N–H and O–H groups in total. The van der Waals surface area contributed by atoms with Gasteiger partial charge in [0.15, 0.2) is 17.3 Å². The summed E-state index contributed by atoms with van der Waals surface area (Å²) in [4.78, 5) is 0. The van der Waals surface area contributed by atoms with Crippen LogP contribution in [0.4, 0.5) is 17.6 Å². The maximum absolute atomic E-state index is 13.3. The maximum Gasteiger partial charge on any atom is 0.573 e. The van der Waals surface area contributed by atoms with Crippen LogP contribution in [0, 0.1) is 11.6 Å². The monoisotopic (exact) mass is 251 g/mol. The number of halogens is 4. The molecule has 1 aliphatic rings. The van der Waals surface area contributed by atoms with E-state index in [0.717, 1.165) is 12.1 Å². The van der Waals surface area contributed by atoms with Gasteiger partial charge in [0.1, 0.15) is 11.8 Å². The summed E-state index contributed by atoms with van der Waals surface area (Å²) in [7, 11) is 0. The summed E-state index contributed by atoms with van der Waals surface area (Å²) >= 11 is 1.50. The largest absolute Gasteiger partial charge is 0.573 e. The molecule has 6 heteroatoms. The SMILES string of the molecule is CC1(c2ccc(OC(F)(F)F)c(F)c2)[CH+]S1. The molecule has 1 heterocycles. The minimum absolute atomic E-state index is 0.280. The van der Waals surface area contributed by atoms with Gasteiger partial charge in [-0.05, 0) is 18.2 Å². The quantitative estimate of drug-likeness (QED) is 0.448. The Morgan fingerprint density at radius 1 is 1.38 bits per heavy atom. The molecule has 1 saturated heterocycles. The predicted octanol–water partition coefficient (Wildman–Crippen LogP) is 3.85. The molecule has 1 atom stereocenters. The van der Waals surface area contributed by atoms with Crippen LogP contribution in [0.3, 0.4) is 0 Å².